The molecule has 1 N–H and O–H groups in total. The highest BCUT2D eigenvalue weighted by Crippen LogP contribution is 2.27. The second-order valence-corrected chi connectivity index (χ2v) is 6.32. The Kier molecular flexibility index (Phi) is 3.67. The normalized spacial score (nSPS) is 14.3. The Morgan fingerprint density at radius 2 is 1.70 bits per heavy atom. The van der Waals surface area contributed by atoms with Crippen LogP contribution in [-0.2, 0) is 0 Å². The van der Waals surface area contributed by atoms with Gasteiger partial charge in [-0.1, -0.05) is 0 Å². The molecule has 116 valence electrons. The Balaban J connectivity index is 1.57. The number of hydrogen-bond acceptors (Lipinski definition) is 6. The molecule has 0 amide bonds. The first kappa shape index (κ1) is 14.1. The number of nitrogens with zero attached hydrogens (tertiary/aromatic N) is 4. The predicted octanol–water partition coefficient (Wildman–Crippen LogP) is 3.57. The molecule has 0 saturated carbocycles. The number of rotatable bonds is 3. The molecule has 1 aromatic carbocycles. The highest BCUT2D eigenvalue weighted by Gasteiger charge is 2.14. The molecule has 1 fully saturated rings. The molecule has 23 heavy (non-hydrogen) atoms. The SMILES string of the molecule is Oc1ccc(-c2nc(-c3ccc(N4CCCC4)nc3)ns2)cc1. The van der Waals surface area contributed by atoms with Crippen molar-refractivity contribution >= 4 is 17.4 Å². The Labute approximate surface area is 138 Å². The minimum atomic E-state index is 0.250. The lowest BCUT2D eigenvalue weighted by atomic mass is 10.2. The van der Waals surface area contributed by atoms with Crippen LogP contribution in [-0.4, -0.2) is 32.5 Å². The van der Waals surface area contributed by atoms with Gasteiger partial charge >= 0.3 is 0 Å². The third-order valence-corrected chi connectivity index (χ3v) is 4.74. The van der Waals surface area contributed by atoms with Gasteiger partial charge in [-0.25, -0.2) is 9.97 Å². The molecule has 0 aliphatic carbocycles. The molecule has 1 aliphatic rings. The third kappa shape index (κ3) is 2.90. The Hall–Kier alpha value is -2.47. The summed E-state index contributed by atoms with van der Waals surface area (Å²) in [5.74, 6) is 1.97. The van der Waals surface area contributed by atoms with E-state index in [0.29, 0.717) is 5.82 Å². The molecule has 0 unspecified atom stereocenters. The first-order chi connectivity index (χ1) is 11.3. The van der Waals surface area contributed by atoms with Crippen LogP contribution < -0.4 is 4.90 Å². The van der Waals surface area contributed by atoms with Crippen LogP contribution in [0, 0.1) is 0 Å². The maximum absolute atomic E-state index is 9.36. The van der Waals surface area contributed by atoms with Crippen molar-refractivity contribution in [2.24, 2.45) is 0 Å². The van der Waals surface area contributed by atoms with Crippen molar-refractivity contribution in [1.82, 2.24) is 14.3 Å². The Morgan fingerprint density at radius 3 is 2.39 bits per heavy atom. The van der Waals surface area contributed by atoms with Crippen molar-refractivity contribution in [2.45, 2.75) is 12.8 Å². The van der Waals surface area contributed by atoms with E-state index in [0.717, 1.165) is 35.0 Å². The standard InChI is InChI=1S/C17H16N4OS/c22-14-6-3-12(4-7-14)17-19-16(20-23-17)13-5-8-15(18-11-13)21-9-1-2-10-21/h3-8,11,22H,1-2,9-10H2. The van der Waals surface area contributed by atoms with E-state index < -0.39 is 0 Å². The molecule has 0 bridgehead atoms. The number of anilines is 1. The predicted molar refractivity (Wildman–Crippen MR) is 91.7 cm³/mol. The quantitative estimate of drug-likeness (QED) is 0.798. The fourth-order valence-electron chi connectivity index (χ4n) is 2.71. The number of aromatic nitrogens is 3. The van der Waals surface area contributed by atoms with Crippen molar-refractivity contribution < 1.29 is 5.11 Å². The van der Waals surface area contributed by atoms with Crippen LogP contribution in [0.4, 0.5) is 5.82 Å². The number of phenolic OH excluding ortho intramolecular Hbond substituents is 1. The van der Waals surface area contributed by atoms with Crippen LogP contribution in [0.5, 0.6) is 5.75 Å². The van der Waals surface area contributed by atoms with Crippen molar-refractivity contribution in [3.63, 3.8) is 0 Å². The summed E-state index contributed by atoms with van der Waals surface area (Å²) in [6.45, 7) is 2.18. The fourth-order valence-corrected chi connectivity index (χ4v) is 3.40. The average Bonchev–Trinajstić information content (AvgIpc) is 3.28. The molecule has 0 atom stereocenters. The van der Waals surface area contributed by atoms with E-state index in [2.05, 4.69) is 19.2 Å². The van der Waals surface area contributed by atoms with E-state index >= 15 is 0 Å². The molecule has 5 nitrogen and oxygen atoms in total. The van der Waals surface area contributed by atoms with E-state index in [1.54, 1.807) is 12.1 Å². The Morgan fingerprint density at radius 1 is 0.957 bits per heavy atom. The summed E-state index contributed by atoms with van der Waals surface area (Å²) in [6, 6.07) is 11.1. The van der Waals surface area contributed by atoms with Gasteiger partial charge in [-0.05, 0) is 60.8 Å². The minimum Gasteiger partial charge on any atom is -0.508 e. The van der Waals surface area contributed by atoms with Gasteiger partial charge in [-0.3, -0.25) is 0 Å². The van der Waals surface area contributed by atoms with Gasteiger partial charge in [0, 0.05) is 30.4 Å². The van der Waals surface area contributed by atoms with E-state index in [9.17, 15) is 5.11 Å². The third-order valence-electron chi connectivity index (χ3n) is 3.98. The summed E-state index contributed by atoms with van der Waals surface area (Å²) in [4.78, 5) is 11.4. The smallest absolute Gasteiger partial charge is 0.174 e. The van der Waals surface area contributed by atoms with Gasteiger partial charge in [0.05, 0.1) is 0 Å². The lowest BCUT2D eigenvalue weighted by molar-refractivity contribution is 0.475. The molecular formula is C17H16N4OS. The van der Waals surface area contributed by atoms with Gasteiger partial charge < -0.3 is 10.0 Å². The minimum absolute atomic E-state index is 0.250. The highest BCUT2D eigenvalue weighted by molar-refractivity contribution is 7.09. The summed E-state index contributed by atoms with van der Waals surface area (Å²) in [5, 5.41) is 10.2. The number of benzene rings is 1. The second-order valence-electron chi connectivity index (χ2n) is 5.57. The van der Waals surface area contributed by atoms with E-state index in [4.69, 9.17) is 0 Å². The lowest BCUT2D eigenvalue weighted by Gasteiger charge is -2.15. The first-order valence-corrected chi connectivity index (χ1v) is 8.41. The van der Waals surface area contributed by atoms with Crippen LogP contribution in [0.3, 0.4) is 0 Å². The van der Waals surface area contributed by atoms with Gasteiger partial charge in [0.15, 0.2) is 5.82 Å². The zero-order valence-electron chi connectivity index (χ0n) is 12.5. The molecular weight excluding hydrogens is 308 g/mol. The van der Waals surface area contributed by atoms with Gasteiger partial charge in [-0.15, -0.1) is 0 Å². The van der Waals surface area contributed by atoms with Crippen LogP contribution in [0.15, 0.2) is 42.6 Å². The second kappa shape index (κ2) is 5.96. The zero-order valence-corrected chi connectivity index (χ0v) is 13.3. The maximum Gasteiger partial charge on any atom is 0.174 e. The van der Waals surface area contributed by atoms with Crippen LogP contribution >= 0.6 is 11.5 Å². The number of hydrogen-bond donors (Lipinski definition) is 1. The summed E-state index contributed by atoms with van der Waals surface area (Å²) in [7, 11) is 0. The topological polar surface area (TPSA) is 62.1 Å². The van der Waals surface area contributed by atoms with Gasteiger partial charge in [0.1, 0.15) is 16.6 Å². The van der Waals surface area contributed by atoms with Crippen LogP contribution in [0.25, 0.3) is 22.0 Å². The molecule has 4 rings (SSSR count). The Bertz CT molecular complexity index is 792. The van der Waals surface area contributed by atoms with E-state index in [1.165, 1.54) is 24.4 Å². The summed E-state index contributed by atoms with van der Waals surface area (Å²) < 4.78 is 4.43. The molecule has 3 heterocycles. The summed E-state index contributed by atoms with van der Waals surface area (Å²) in [5.41, 5.74) is 1.88. The van der Waals surface area contributed by atoms with Crippen LogP contribution in [0.2, 0.25) is 0 Å². The highest BCUT2D eigenvalue weighted by atomic mass is 32.1. The fraction of sp³-hybridized carbons (Fsp3) is 0.235. The zero-order chi connectivity index (χ0) is 15.6. The number of phenols is 1. The molecule has 3 aromatic rings. The average molecular weight is 324 g/mol. The molecule has 0 spiro atoms. The maximum atomic E-state index is 9.36. The molecule has 2 aromatic heterocycles. The monoisotopic (exact) mass is 324 g/mol. The number of pyridine rings is 1. The molecule has 1 aliphatic heterocycles. The van der Waals surface area contributed by atoms with Gasteiger partial charge in [0.2, 0.25) is 0 Å². The molecule has 0 radical (unpaired) electrons. The molecule has 6 heteroatoms. The largest absolute Gasteiger partial charge is 0.508 e. The van der Waals surface area contributed by atoms with E-state index in [1.807, 2.05) is 30.5 Å². The number of aromatic hydroxyl groups is 1. The van der Waals surface area contributed by atoms with E-state index in [-0.39, 0.29) is 5.75 Å². The summed E-state index contributed by atoms with van der Waals surface area (Å²) in [6.07, 6.45) is 4.33. The van der Waals surface area contributed by atoms with Gasteiger partial charge in [0.25, 0.3) is 0 Å². The van der Waals surface area contributed by atoms with Crippen LogP contribution in [0.1, 0.15) is 12.8 Å². The van der Waals surface area contributed by atoms with Crippen molar-refractivity contribution in [1.29, 1.82) is 0 Å². The van der Waals surface area contributed by atoms with Crippen molar-refractivity contribution in [3.05, 3.63) is 42.6 Å². The molecule has 1 saturated heterocycles. The van der Waals surface area contributed by atoms with Crippen molar-refractivity contribution in [3.8, 4) is 27.7 Å². The summed E-state index contributed by atoms with van der Waals surface area (Å²) >= 11 is 1.35. The van der Waals surface area contributed by atoms with Crippen molar-refractivity contribution in [2.75, 3.05) is 18.0 Å². The first-order valence-electron chi connectivity index (χ1n) is 7.64. The van der Waals surface area contributed by atoms with Gasteiger partial charge in [-0.2, -0.15) is 4.37 Å². The lowest BCUT2D eigenvalue weighted by Crippen LogP contribution is -2.18.